The Balaban J connectivity index is 1.34. The van der Waals surface area contributed by atoms with Gasteiger partial charge in [-0.05, 0) is 59.7 Å². The lowest BCUT2D eigenvalue weighted by Crippen LogP contribution is -2.71. The summed E-state index contributed by atoms with van der Waals surface area (Å²) in [5, 5.41) is 21.3. The van der Waals surface area contributed by atoms with Crippen molar-refractivity contribution in [3.8, 4) is 17.0 Å². The number of ether oxygens (including phenoxy) is 1. The number of nitrogens with one attached hydrogen (secondary N) is 1. The third kappa shape index (κ3) is 5.08. The summed E-state index contributed by atoms with van der Waals surface area (Å²) in [5.74, 6) is -1.38. The van der Waals surface area contributed by atoms with Gasteiger partial charge < -0.3 is 34.8 Å². The summed E-state index contributed by atoms with van der Waals surface area (Å²) in [4.78, 5) is 46.8. The van der Waals surface area contributed by atoms with E-state index in [-0.39, 0.29) is 47.6 Å². The zero-order chi connectivity index (χ0) is 29.9. The van der Waals surface area contributed by atoms with E-state index in [0.29, 0.717) is 31.9 Å². The molecule has 5 rings (SSSR count). The maximum atomic E-state index is 14.0. The predicted molar refractivity (Wildman–Crippen MR) is 149 cm³/mol. The molecule has 4 heterocycles. The van der Waals surface area contributed by atoms with Gasteiger partial charge >= 0.3 is 12.1 Å². The van der Waals surface area contributed by atoms with Crippen molar-refractivity contribution in [1.82, 2.24) is 24.9 Å². The van der Waals surface area contributed by atoms with E-state index in [2.05, 4.69) is 15.5 Å². The van der Waals surface area contributed by atoms with Crippen molar-refractivity contribution in [1.29, 1.82) is 0 Å². The average molecular weight is 570 g/mol. The molecule has 2 aromatic rings. The summed E-state index contributed by atoms with van der Waals surface area (Å²) >= 11 is 0. The number of anilines is 2. The summed E-state index contributed by atoms with van der Waals surface area (Å²) in [6, 6.07) is 5.11. The van der Waals surface area contributed by atoms with E-state index < -0.39 is 28.8 Å². The summed E-state index contributed by atoms with van der Waals surface area (Å²) in [6.07, 6.45) is -0.406. The Morgan fingerprint density at radius 1 is 1.12 bits per heavy atom. The van der Waals surface area contributed by atoms with Gasteiger partial charge in [0.1, 0.15) is 11.1 Å². The lowest BCUT2D eigenvalue weighted by Gasteiger charge is -2.52. The first-order valence-corrected chi connectivity index (χ1v) is 13.7. The Morgan fingerprint density at radius 2 is 1.80 bits per heavy atom. The second-order valence-electron chi connectivity index (χ2n) is 12.2. The van der Waals surface area contributed by atoms with Crippen LogP contribution in [0.4, 0.5) is 25.5 Å². The number of hydrogen-bond acceptors (Lipinski definition) is 8. The Bertz CT molecular complexity index is 1400. The highest BCUT2D eigenvalue weighted by atomic mass is 19.1. The monoisotopic (exact) mass is 569 g/mol. The first kappa shape index (κ1) is 28.4. The third-order valence-corrected chi connectivity index (χ3v) is 7.87. The first-order valence-electron chi connectivity index (χ1n) is 13.7. The summed E-state index contributed by atoms with van der Waals surface area (Å²) < 4.78 is 19.6. The van der Waals surface area contributed by atoms with E-state index in [0.717, 1.165) is 6.07 Å². The van der Waals surface area contributed by atoms with Gasteiger partial charge in [0.2, 0.25) is 0 Å². The number of nitrogens with zero attached hydrogens (tertiary/aromatic N) is 6. The Kier molecular flexibility index (Phi) is 6.94. The number of urea groups is 1. The number of para-hydroxylation sites is 1. The van der Waals surface area contributed by atoms with Gasteiger partial charge in [-0.15, -0.1) is 10.2 Å². The minimum Gasteiger partial charge on any atom is -0.504 e. The number of hydrogen-bond donors (Lipinski definition) is 2. The van der Waals surface area contributed by atoms with E-state index in [4.69, 9.17) is 4.74 Å². The number of benzene rings is 1. The highest BCUT2D eigenvalue weighted by molar-refractivity contribution is 6.06. The molecule has 3 aliphatic heterocycles. The van der Waals surface area contributed by atoms with Crippen LogP contribution in [-0.4, -0.2) is 104 Å². The SMILES string of the molecule is C[C@@H]1CN(C(=O)OC(C)(C)C)[C@@H](C)CN1C(=O)N1CCN2c3cc(-c4cccc(F)c4O)nnc3NC(=O)C2(C)C1. The number of amides is 4. The Hall–Kier alpha value is -4.16. The second-order valence-corrected chi connectivity index (χ2v) is 12.2. The molecule has 1 aromatic heterocycles. The van der Waals surface area contributed by atoms with Crippen molar-refractivity contribution in [3.63, 3.8) is 0 Å². The van der Waals surface area contributed by atoms with E-state index in [1.54, 1.807) is 27.7 Å². The van der Waals surface area contributed by atoms with Crippen molar-refractivity contribution in [2.75, 3.05) is 42.9 Å². The molecule has 4 amide bonds. The molecule has 2 N–H and O–H groups in total. The van der Waals surface area contributed by atoms with Crippen molar-refractivity contribution in [2.45, 2.75) is 64.8 Å². The van der Waals surface area contributed by atoms with Gasteiger partial charge in [0.05, 0.1) is 17.9 Å². The highest BCUT2D eigenvalue weighted by Crippen LogP contribution is 2.41. The van der Waals surface area contributed by atoms with Gasteiger partial charge in [0, 0.05) is 43.8 Å². The van der Waals surface area contributed by atoms with Gasteiger partial charge in [-0.25, -0.2) is 14.0 Å². The molecule has 0 radical (unpaired) electrons. The Labute approximate surface area is 238 Å². The quantitative estimate of drug-likeness (QED) is 0.535. The summed E-state index contributed by atoms with van der Waals surface area (Å²) in [7, 11) is 0. The van der Waals surface area contributed by atoms with Crippen LogP contribution in [0.2, 0.25) is 0 Å². The van der Waals surface area contributed by atoms with Crippen LogP contribution in [0.3, 0.4) is 0 Å². The normalized spacial score (nSPS) is 24.4. The zero-order valence-electron chi connectivity index (χ0n) is 24.1. The summed E-state index contributed by atoms with van der Waals surface area (Å²) in [5.41, 5.74) is -0.727. The van der Waals surface area contributed by atoms with E-state index >= 15 is 0 Å². The number of aromatic hydroxyl groups is 1. The fourth-order valence-corrected chi connectivity index (χ4v) is 5.67. The molecule has 3 aliphatic rings. The number of phenols is 1. The molecule has 1 aromatic carbocycles. The molecule has 2 saturated heterocycles. The van der Waals surface area contributed by atoms with Crippen LogP contribution in [0.5, 0.6) is 5.75 Å². The predicted octanol–water partition coefficient (Wildman–Crippen LogP) is 3.27. The van der Waals surface area contributed by atoms with Crippen molar-refractivity contribution in [2.24, 2.45) is 0 Å². The van der Waals surface area contributed by atoms with E-state index in [9.17, 15) is 23.9 Å². The molecule has 0 saturated carbocycles. The van der Waals surface area contributed by atoms with Gasteiger partial charge in [-0.3, -0.25) is 4.79 Å². The first-order chi connectivity index (χ1) is 19.2. The molecule has 41 heavy (non-hydrogen) atoms. The van der Waals surface area contributed by atoms with E-state index in [1.165, 1.54) is 12.1 Å². The van der Waals surface area contributed by atoms with Crippen molar-refractivity contribution >= 4 is 29.5 Å². The van der Waals surface area contributed by atoms with Crippen LogP contribution in [0.25, 0.3) is 11.3 Å². The number of carbonyl (C=O) groups excluding carboxylic acids is 3. The van der Waals surface area contributed by atoms with Gasteiger partial charge in [0.25, 0.3) is 5.91 Å². The molecule has 13 heteroatoms. The van der Waals surface area contributed by atoms with Crippen molar-refractivity contribution in [3.05, 3.63) is 30.1 Å². The number of aromatic nitrogens is 2. The summed E-state index contributed by atoms with van der Waals surface area (Å²) in [6.45, 7) is 12.5. The maximum Gasteiger partial charge on any atom is 0.410 e. The van der Waals surface area contributed by atoms with Crippen LogP contribution >= 0.6 is 0 Å². The molecule has 0 bridgehead atoms. The van der Waals surface area contributed by atoms with Crippen LogP contribution in [0.1, 0.15) is 41.5 Å². The van der Waals surface area contributed by atoms with Crippen LogP contribution < -0.4 is 10.2 Å². The molecule has 3 atom stereocenters. The standard InChI is InChI=1S/C28H36FN7O5/c1-16-14-35(26(40)41-27(3,4)5)17(2)13-34(16)25(39)33-10-11-36-21-12-20(18-8-7-9-19(29)22(18)37)31-32-23(21)30-24(38)28(36,6)15-33/h7-9,12,16-17,37H,10-11,13-15H2,1-6H3,(H,30,32,38)/t16-,17+,28?/m1/s1. The smallest absolute Gasteiger partial charge is 0.410 e. The van der Waals surface area contributed by atoms with Crippen LogP contribution in [-0.2, 0) is 9.53 Å². The molecule has 0 spiro atoms. The average Bonchev–Trinajstić information content (AvgIpc) is 2.90. The van der Waals surface area contributed by atoms with Gasteiger partial charge in [0.15, 0.2) is 17.4 Å². The lowest BCUT2D eigenvalue weighted by molar-refractivity contribution is -0.122. The molecule has 2 fully saturated rings. The number of rotatable bonds is 1. The lowest BCUT2D eigenvalue weighted by atomic mass is 9.91. The maximum absolute atomic E-state index is 14.0. The number of piperazine rings is 2. The topological polar surface area (TPSA) is 131 Å². The number of halogens is 1. The Morgan fingerprint density at radius 3 is 2.51 bits per heavy atom. The van der Waals surface area contributed by atoms with Crippen LogP contribution in [0.15, 0.2) is 24.3 Å². The number of phenolic OH excluding ortho intramolecular Hbond substituents is 1. The van der Waals surface area contributed by atoms with Gasteiger partial charge in [-0.2, -0.15) is 0 Å². The minimum absolute atomic E-state index is 0.118. The largest absolute Gasteiger partial charge is 0.504 e. The molecular weight excluding hydrogens is 533 g/mol. The molecular formula is C28H36FN7O5. The van der Waals surface area contributed by atoms with Gasteiger partial charge in [-0.1, -0.05) is 6.07 Å². The minimum atomic E-state index is -1.11. The number of fused-ring (bicyclic) bond motifs is 3. The van der Waals surface area contributed by atoms with Crippen molar-refractivity contribution < 1.29 is 28.6 Å². The zero-order valence-corrected chi connectivity index (χ0v) is 24.1. The van der Waals surface area contributed by atoms with E-state index in [1.807, 2.05) is 39.5 Å². The third-order valence-electron chi connectivity index (χ3n) is 7.87. The fraction of sp³-hybridized carbons (Fsp3) is 0.536. The molecule has 220 valence electrons. The van der Waals surface area contributed by atoms with Crippen LogP contribution in [0, 0.1) is 5.82 Å². The molecule has 12 nitrogen and oxygen atoms in total. The highest BCUT2D eigenvalue weighted by Gasteiger charge is 2.50. The fourth-order valence-electron chi connectivity index (χ4n) is 5.67. The molecule has 1 unspecified atom stereocenters. The number of carbonyl (C=O) groups is 3. The second kappa shape index (κ2) is 10.0. The molecule has 0 aliphatic carbocycles.